The average molecular weight is 149 g/mol. The maximum absolute atomic E-state index is 2.41. The van der Waals surface area contributed by atoms with Crippen molar-refractivity contribution in [1.29, 1.82) is 0 Å². The summed E-state index contributed by atoms with van der Waals surface area (Å²) in [6.07, 6.45) is 0. The van der Waals surface area contributed by atoms with E-state index in [-0.39, 0.29) is 0 Å². The number of hydrogen-bond donors (Lipinski definition) is 0. The molecule has 0 aromatic carbocycles. The molecular weight excluding hydrogens is 135 g/mol. The van der Waals surface area contributed by atoms with Crippen molar-refractivity contribution in [3.05, 3.63) is 0 Å². The third-order valence-corrected chi connectivity index (χ3v) is 4.93. The molecule has 0 heterocycles. The van der Waals surface area contributed by atoms with Crippen LogP contribution in [0.3, 0.4) is 0 Å². The summed E-state index contributed by atoms with van der Waals surface area (Å²) in [5.74, 6) is 0. The van der Waals surface area contributed by atoms with Crippen LogP contribution in [-0.2, 0) is 0 Å². The second kappa shape index (κ2) is 2.02. The monoisotopic (exact) mass is 149 g/mol. The summed E-state index contributed by atoms with van der Waals surface area (Å²) in [6.45, 7) is 2.28. The molecule has 0 aromatic heterocycles. The fourth-order valence-corrected chi connectivity index (χ4v) is 0. The molecule has 0 saturated carbocycles. The maximum atomic E-state index is 2.41. The minimum atomic E-state index is -0.910. The molecule has 0 radical (unpaired) electrons. The van der Waals surface area contributed by atoms with Crippen LogP contribution >= 0.6 is 0 Å². The van der Waals surface area contributed by atoms with Crippen LogP contribution in [0.15, 0.2) is 0 Å². The van der Waals surface area contributed by atoms with Crippen molar-refractivity contribution in [1.82, 2.24) is 0 Å². The van der Waals surface area contributed by atoms with Gasteiger partial charge in [-0.25, -0.2) is 0 Å². The van der Waals surface area contributed by atoms with Gasteiger partial charge in [-0.3, -0.25) is 0 Å². The first-order valence-corrected chi connectivity index (χ1v) is 9.32. The van der Waals surface area contributed by atoms with Gasteiger partial charge in [0.05, 0.1) is 0 Å². The minimum absolute atomic E-state index is 0.910. The fraction of sp³-hybridized carbons (Fsp3) is 1.00. The van der Waals surface area contributed by atoms with Crippen molar-refractivity contribution in [3.8, 4) is 0 Å². The van der Waals surface area contributed by atoms with Gasteiger partial charge in [-0.05, 0) is 0 Å². The Bertz CT molecular complexity index is 33.7. The number of hydrogen-bond acceptors (Lipinski definition) is 0. The van der Waals surface area contributed by atoms with Crippen molar-refractivity contribution >= 4 is 13.6 Å². The molecule has 1 heteroatoms. The van der Waals surface area contributed by atoms with E-state index in [9.17, 15) is 0 Å². The standard InChI is InChI=1S/C5H14As/c1-5-6(2,3)4/h5H2,1-4H3/q+1. The Morgan fingerprint density at radius 2 is 1.33 bits per heavy atom. The summed E-state index contributed by atoms with van der Waals surface area (Å²) in [7, 11) is 0. The average Bonchev–Trinajstić information content (AvgIpc) is 1.35. The molecular formula is C5H14As+. The van der Waals surface area contributed by atoms with E-state index in [1.807, 2.05) is 0 Å². The Balaban J connectivity index is 3.17. The van der Waals surface area contributed by atoms with E-state index >= 15 is 0 Å². The SMILES string of the molecule is CC[As+](C)(C)C. The molecule has 0 rings (SSSR count). The molecule has 0 N–H and O–H groups in total. The van der Waals surface area contributed by atoms with Gasteiger partial charge in [0.25, 0.3) is 0 Å². The summed E-state index contributed by atoms with van der Waals surface area (Å²) in [5.41, 5.74) is 7.24. The van der Waals surface area contributed by atoms with Crippen LogP contribution in [-0.4, -0.2) is 13.6 Å². The van der Waals surface area contributed by atoms with Crippen molar-refractivity contribution in [2.24, 2.45) is 0 Å². The summed E-state index contributed by atoms with van der Waals surface area (Å²) in [5, 5.41) is 1.44. The van der Waals surface area contributed by atoms with Gasteiger partial charge < -0.3 is 0 Å². The molecule has 0 saturated heterocycles. The molecule has 0 fully saturated rings. The molecule has 0 spiro atoms. The van der Waals surface area contributed by atoms with Gasteiger partial charge in [0, 0.05) is 0 Å². The van der Waals surface area contributed by atoms with E-state index < -0.39 is 13.6 Å². The number of rotatable bonds is 1. The Morgan fingerprint density at radius 3 is 1.33 bits per heavy atom. The van der Waals surface area contributed by atoms with Crippen LogP contribution in [0.25, 0.3) is 0 Å². The summed E-state index contributed by atoms with van der Waals surface area (Å²) >= 11 is -0.910. The van der Waals surface area contributed by atoms with E-state index in [0.29, 0.717) is 0 Å². The molecule has 0 aliphatic rings. The summed E-state index contributed by atoms with van der Waals surface area (Å²) in [6, 6.07) is 0. The zero-order valence-corrected chi connectivity index (χ0v) is 7.03. The topological polar surface area (TPSA) is 0 Å². The van der Waals surface area contributed by atoms with Crippen LogP contribution in [0.5, 0.6) is 0 Å². The first kappa shape index (κ1) is 6.56. The van der Waals surface area contributed by atoms with Crippen LogP contribution in [0.1, 0.15) is 6.92 Å². The molecule has 0 atom stereocenters. The predicted molar refractivity (Wildman–Crippen MR) is 33.8 cm³/mol. The van der Waals surface area contributed by atoms with Crippen molar-refractivity contribution in [3.63, 3.8) is 0 Å². The summed E-state index contributed by atoms with van der Waals surface area (Å²) in [4.78, 5) is 0. The molecule has 0 amide bonds. The summed E-state index contributed by atoms with van der Waals surface area (Å²) < 4.78 is 0. The van der Waals surface area contributed by atoms with Gasteiger partial charge in [0.15, 0.2) is 0 Å². The van der Waals surface area contributed by atoms with Crippen molar-refractivity contribution in [2.45, 2.75) is 29.3 Å². The molecule has 0 bridgehead atoms. The van der Waals surface area contributed by atoms with Crippen LogP contribution in [0.2, 0.25) is 22.3 Å². The third kappa shape index (κ3) is 4.56. The van der Waals surface area contributed by atoms with Crippen molar-refractivity contribution < 1.29 is 0 Å². The van der Waals surface area contributed by atoms with E-state index in [2.05, 4.69) is 24.1 Å². The van der Waals surface area contributed by atoms with Gasteiger partial charge in [0.1, 0.15) is 0 Å². The normalized spacial score (nSPS) is 12.0. The predicted octanol–water partition coefficient (Wildman–Crippen LogP) is 2.34. The Morgan fingerprint density at radius 1 is 1.17 bits per heavy atom. The van der Waals surface area contributed by atoms with Crippen LogP contribution < -0.4 is 0 Å². The first-order chi connectivity index (χ1) is 2.56. The van der Waals surface area contributed by atoms with Gasteiger partial charge >= 0.3 is 42.8 Å². The molecule has 6 heavy (non-hydrogen) atoms. The van der Waals surface area contributed by atoms with Crippen molar-refractivity contribution in [2.75, 3.05) is 0 Å². The Kier molecular flexibility index (Phi) is 2.21. The molecule has 0 nitrogen and oxygen atoms in total. The van der Waals surface area contributed by atoms with Crippen LogP contribution in [0.4, 0.5) is 0 Å². The third-order valence-electron chi connectivity index (χ3n) is 0.949. The molecule has 0 unspecified atom stereocenters. The Labute approximate surface area is 43.4 Å². The van der Waals surface area contributed by atoms with Gasteiger partial charge in [0.2, 0.25) is 0 Å². The molecule has 0 aliphatic heterocycles. The first-order valence-electron chi connectivity index (χ1n) is 2.36. The molecule has 0 aliphatic carbocycles. The molecule has 38 valence electrons. The van der Waals surface area contributed by atoms with E-state index in [1.54, 1.807) is 0 Å². The second-order valence-corrected chi connectivity index (χ2v) is 13.5. The zero-order valence-electron chi connectivity index (χ0n) is 5.15. The van der Waals surface area contributed by atoms with Gasteiger partial charge in [-0.2, -0.15) is 0 Å². The Hall–Kier alpha value is 0.558. The van der Waals surface area contributed by atoms with Crippen LogP contribution in [0, 0.1) is 0 Å². The second-order valence-electron chi connectivity index (χ2n) is 2.61. The van der Waals surface area contributed by atoms with E-state index in [1.165, 1.54) is 5.21 Å². The van der Waals surface area contributed by atoms with E-state index in [0.717, 1.165) is 0 Å². The van der Waals surface area contributed by atoms with Gasteiger partial charge in [-0.1, -0.05) is 0 Å². The fourth-order valence-electron chi connectivity index (χ4n) is 0. The molecule has 0 aromatic rings. The van der Waals surface area contributed by atoms with Gasteiger partial charge in [-0.15, -0.1) is 0 Å². The quantitative estimate of drug-likeness (QED) is 0.502. The zero-order chi connectivity index (χ0) is 5.21. The van der Waals surface area contributed by atoms with E-state index in [4.69, 9.17) is 0 Å².